The molecule has 1 N–H and O–H groups in total. The van der Waals surface area contributed by atoms with E-state index in [-0.39, 0.29) is 17.9 Å². The monoisotopic (exact) mass is 304 g/mol. The van der Waals surface area contributed by atoms with Gasteiger partial charge in [-0.25, -0.2) is 0 Å². The topological polar surface area (TPSA) is 50.8 Å². The Morgan fingerprint density at radius 3 is 3.09 bits per heavy atom. The number of likely N-dealkylation sites (tertiary alicyclic amines) is 1. The van der Waals surface area contributed by atoms with Crippen LogP contribution in [0.5, 0.6) is 11.5 Å². The van der Waals surface area contributed by atoms with Crippen molar-refractivity contribution in [3.63, 3.8) is 0 Å². The van der Waals surface area contributed by atoms with E-state index in [0.717, 1.165) is 49.4 Å². The molecule has 2 heterocycles. The zero-order valence-electron chi connectivity index (χ0n) is 13.3. The summed E-state index contributed by atoms with van der Waals surface area (Å²) in [4.78, 5) is 14.7. The third-order valence-electron chi connectivity index (χ3n) is 4.52. The standard InChI is InChI=1S/C17H24N2O3/c1-19-7-3-4-14(10-19)18-17(20)13-8-12-5-6-15(21-2)9-16(12)22-11-13/h5-6,9,13-14H,3-4,7-8,10-11H2,1-2H3,(H,18,20). The highest BCUT2D eigenvalue weighted by Crippen LogP contribution is 2.31. The first-order valence-corrected chi connectivity index (χ1v) is 7.94. The molecule has 2 aliphatic heterocycles. The third-order valence-corrected chi connectivity index (χ3v) is 4.52. The molecule has 0 spiro atoms. The Morgan fingerprint density at radius 1 is 1.45 bits per heavy atom. The van der Waals surface area contributed by atoms with Gasteiger partial charge < -0.3 is 19.7 Å². The number of methoxy groups -OCH3 is 1. The average molecular weight is 304 g/mol. The lowest BCUT2D eigenvalue weighted by molar-refractivity contribution is -0.127. The van der Waals surface area contributed by atoms with E-state index in [4.69, 9.17) is 9.47 Å². The molecular formula is C17H24N2O3. The quantitative estimate of drug-likeness (QED) is 0.918. The summed E-state index contributed by atoms with van der Waals surface area (Å²) < 4.78 is 11.0. The van der Waals surface area contributed by atoms with Gasteiger partial charge in [-0.05, 0) is 44.5 Å². The van der Waals surface area contributed by atoms with Crippen molar-refractivity contribution < 1.29 is 14.3 Å². The molecule has 2 aliphatic rings. The normalized spacial score (nSPS) is 25.0. The summed E-state index contributed by atoms with van der Waals surface area (Å²) in [5, 5.41) is 3.19. The molecule has 0 aliphatic carbocycles. The molecule has 1 amide bonds. The zero-order chi connectivity index (χ0) is 15.5. The number of nitrogens with one attached hydrogen (secondary N) is 1. The first-order valence-electron chi connectivity index (χ1n) is 7.94. The third kappa shape index (κ3) is 3.35. The predicted molar refractivity (Wildman–Crippen MR) is 84.3 cm³/mol. The fraction of sp³-hybridized carbons (Fsp3) is 0.588. The molecule has 1 aromatic carbocycles. The number of carbonyl (C=O) groups excluding carboxylic acids is 1. The number of carbonyl (C=O) groups is 1. The highest BCUT2D eigenvalue weighted by molar-refractivity contribution is 5.80. The Balaban J connectivity index is 1.60. The number of nitrogens with zero attached hydrogens (tertiary/aromatic N) is 1. The van der Waals surface area contributed by atoms with E-state index in [9.17, 15) is 4.79 Å². The van der Waals surface area contributed by atoms with Gasteiger partial charge in [0.25, 0.3) is 0 Å². The minimum absolute atomic E-state index is 0.104. The lowest BCUT2D eigenvalue weighted by atomic mass is 9.95. The number of rotatable bonds is 3. The maximum atomic E-state index is 12.5. The van der Waals surface area contributed by atoms with Crippen LogP contribution in [0.25, 0.3) is 0 Å². The van der Waals surface area contributed by atoms with Gasteiger partial charge in [-0.1, -0.05) is 6.07 Å². The summed E-state index contributed by atoms with van der Waals surface area (Å²) in [6.45, 7) is 2.50. The van der Waals surface area contributed by atoms with Crippen LogP contribution in [-0.2, 0) is 11.2 Å². The summed E-state index contributed by atoms with van der Waals surface area (Å²) >= 11 is 0. The Hall–Kier alpha value is -1.75. The van der Waals surface area contributed by atoms with Crippen molar-refractivity contribution in [1.82, 2.24) is 10.2 Å². The molecule has 120 valence electrons. The summed E-state index contributed by atoms with van der Waals surface area (Å²) in [5.74, 6) is 1.63. The summed E-state index contributed by atoms with van der Waals surface area (Å²) in [5.41, 5.74) is 1.08. The average Bonchev–Trinajstić information content (AvgIpc) is 2.53. The van der Waals surface area contributed by atoms with Crippen LogP contribution in [0.15, 0.2) is 18.2 Å². The number of fused-ring (bicyclic) bond motifs is 1. The number of hydrogen-bond donors (Lipinski definition) is 1. The largest absolute Gasteiger partial charge is 0.497 e. The number of amides is 1. The Bertz CT molecular complexity index is 547. The maximum Gasteiger partial charge on any atom is 0.227 e. The number of likely N-dealkylation sites (N-methyl/N-ethyl adjacent to an activating group) is 1. The maximum absolute atomic E-state index is 12.5. The van der Waals surface area contributed by atoms with Gasteiger partial charge in [0.15, 0.2) is 0 Å². The van der Waals surface area contributed by atoms with Crippen molar-refractivity contribution in [2.24, 2.45) is 5.92 Å². The molecule has 22 heavy (non-hydrogen) atoms. The minimum Gasteiger partial charge on any atom is -0.497 e. The van der Waals surface area contributed by atoms with Crippen LogP contribution in [0, 0.1) is 5.92 Å². The molecule has 0 bridgehead atoms. The second-order valence-corrected chi connectivity index (χ2v) is 6.30. The molecule has 0 aromatic heterocycles. The van der Waals surface area contributed by atoms with Crippen molar-refractivity contribution in [3.8, 4) is 11.5 Å². The van der Waals surface area contributed by atoms with E-state index in [1.807, 2.05) is 18.2 Å². The van der Waals surface area contributed by atoms with Crippen LogP contribution in [0.1, 0.15) is 18.4 Å². The van der Waals surface area contributed by atoms with Crippen LogP contribution in [0.2, 0.25) is 0 Å². The fourth-order valence-corrected chi connectivity index (χ4v) is 3.25. The molecule has 0 saturated carbocycles. The molecule has 1 saturated heterocycles. The van der Waals surface area contributed by atoms with Gasteiger partial charge in [0.2, 0.25) is 5.91 Å². The van der Waals surface area contributed by atoms with Gasteiger partial charge in [-0.2, -0.15) is 0 Å². The summed E-state index contributed by atoms with van der Waals surface area (Å²) in [6, 6.07) is 6.06. The van der Waals surface area contributed by atoms with E-state index in [1.165, 1.54) is 0 Å². The molecule has 2 unspecified atom stereocenters. The Labute approximate surface area is 131 Å². The molecule has 2 atom stereocenters. The smallest absolute Gasteiger partial charge is 0.227 e. The van der Waals surface area contributed by atoms with Gasteiger partial charge in [-0.15, -0.1) is 0 Å². The number of piperidine rings is 1. The molecular weight excluding hydrogens is 280 g/mol. The second-order valence-electron chi connectivity index (χ2n) is 6.30. The first kappa shape index (κ1) is 15.2. The fourth-order valence-electron chi connectivity index (χ4n) is 3.25. The van der Waals surface area contributed by atoms with Gasteiger partial charge in [-0.3, -0.25) is 4.79 Å². The highest BCUT2D eigenvalue weighted by atomic mass is 16.5. The SMILES string of the molecule is COc1ccc2c(c1)OCC(C(=O)NC1CCCN(C)C1)C2. The molecule has 1 aromatic rings. The minimum atomic E-state index is -0.104. The van der Waals surface area contributed by atoms with Gasteiger partial charge in [0.1, 0.15) is 18.1 Å². The van der Waals surface area contributed by atoms with E-state index < -0.39 is 0 Å². The van der Waals surface area contributed by atoms with Crippen LogP contribution >= 0.6 is 0 Å². The van der Waals surface area contributed by atoms with E-state index in [0.29, 0.717) is 6.61 Å². The molecule has 5 heteroatoms. The van der Waals surface area contributed by atoms with Crippen LogP contribution < -0.4 is 14.8 Å². The van der Waals surface area contributed by atoms with Crippen LogP contribution in [0.4, 0.5) is 0 Å². The van der Waals surface area contributed by atoms with Crippen molar-refractivity contribution in [1.29, 1.82) is 0 Å². The lowest BCUT2D eigenvalue weighted by Crippen LogP contribution is -2.49. The number of hydrogen-bond acceptors (Lipinski definition) is 4. The molecule has 3 rings (SSSR count). The van der Waals surface area contributed by atoms with Crippen LogP contribution in [-0.4, -0.2) is 50.7 Å². The summed E-state index contributed by atoms with van der Waals surface area (Å²) in [7, 11) is 3.74. The van der Waals surface area contributed by atoms with E-state index >= 15 is 0 Å². The van der Waals surface area contributed by atoms with Gasteiger partial charge >= 0.3 is 0 Å². The Kier molecular flexibility index (Phi) is 4.52. The predicted octanol–water partition coefficient (Wildman–Crippen LogP) is 1.46. The molecule has 0 radical (unpaired) electrons. The zero-order valence-corrected chi connectivity index (χ0v) is 13.3. The van der Waals surface area contributed by atoms with Crippen molar-refractivity contribution >= 4 is 5.91 Å². The van der Waals surface area contributed by atoms with E-state index in [2.05, 4.69) is 17.3 Å². The summed E-state index contributed by atoms with van der Waals surface area (Å²) in [6.07, 6.45) is 2.94. The number of benzene rings is 1. The molecule has 5 nitrogen and oxygen atoms in total. The van der Waals surface area contributed by atoms with Gasteiger partial charge in [0, 0.05) is 18.7 Å². The van der Waals surface area contributed by atoms with E-state index in [1.54, 1.807) is 7.11 Å². The van der Waals surface area contributed by atoms with Crippen molar-refractivity contribution in [2.75, 3.05) is 33.9 Å². The van der Waals surface area contributed by atoms with Crippen LogP contribution in [0.3, 0.4) is 0 Å². The highest BCUT2D eigenvalue weighted by Gasteiger charge is 2.28. The number of ether oxygens (including phenoxy) is 2. The molecule has 1 fully saturated rings. The lowest BCUT2D eigenvalue weighted by Gasteiger charge is -2.32. The van der Waals surface area contributed by atoms with Gasteiger partial charge in [0.05, 0.1) is 13.0 Å². The van der Waals surface area contributed by atoms with Crippen molar-refractivity contribution in [2.45, 2.75) is 25.3 Å². The van der Waals surface area contributed by atoms with Crippen molar-refractivity contribution in [3.05, 3.63) is 23.8 Å². The first-order chi connectivity index (χ1) is 10.7. The Morgan fingerprint density at radius 2 is 2.32 bits per heavy atom. The second kappa shape index (κ2) is 6.57.